The van der Waals surface area contributed by atoms with E-state index in [1.807, 2.05) is 0 Å². The minimum Gasteiger partial charge on any atom is -0.294 e. The molecule has 0 N–H and O–H groups in total. The second-order valence-electron chi connectivity index (χ2n) is 3.47. The fourth-order valence-corrected chi connectivity index (χ4v) is 1.31. The van der Waals surface area contributed by atoms with E-state index in [1.54, 1.807) is 12.5 Å². The monoisotopic (exact) mass is 224 g/mol. The summed E-state index contributed by atoms with van der Waals surface area (Å²) in [5.41, 5.74) is 1.84. The molecule has 0 saturated carbocycles. The molecule has 0 radical (unpaired) electrons. The molecular formula is C14H24O2. The van der Waals surface area contributed by atoms with Gasteiger partial charge in [0.15, 0.2) is 11.6 Å². The van der Waals surface area contributed by atoms with Crippen molar-refractivity contribution in [3.63, 3.8) is 0 Å². The first-order valence-electron chi connectivity index (χ1n) is 5.76. The van der Waals surface area contributed by atoms with E-state index in [0.717, 1.165) is 0 Å². The summed E-state index contributed by atoms with van der Waals surface area (Å²) in [6.07, 6.45) is 6.16. The lowest BCUT2D eigenvalue weighted by Gasteiger charge is -1.93. The predicted molar refractivity (Wildman–Crippen MR) is 69.5 cm³/mol. The molecule has 2 heteroatoms. The highest BCUT2D eigenvalue weighted by Gasteiger charge is 2.05. The van der Waals surface area contributed by atoms with Gasteiger partial charge in [0.25, 0.3) is 0 Å². The Morgan fingerprint density at radius 2 is 1.25 bits per heavy atom. The maximum Gasteiger partial charge on any atom is 0.163 e. The van der Waals surface area contributed by atoms with E-state index < -0.39 is 0 Å². The van der Waals surface area contributed by atoms with E-state index >= 15 is 0 Å². The van der Waals surface area contributed by atoms with Crippen LogP contribution in [-0.2, 0) is 9.59 Å². The molecule has 0 amide bonds. The van der Waals surface area contributed by atoms with E-state index in [0.29, 0.717) is 0 Å². The molecule has 0 aromatic carbocycles. The van der Waals surface area contributed by atoms with Gasteiger partial charge >= 0.3 is 0 Å². The topological polar surface area (TPSA) is 34.1 Å². The molecule has 92 valence electrons. The molecule has 0 spiro atoms. The summed E-state index contributed by atoms with van der Waals surface area (Å²) >= 11 is 0. The normalized spacial score (nSPS) is 8.38. The van der Waals surface area contributed by atoms with Gasteiger partial charge in [-0.25, -0.2) is 0 Å². The van der Waals surface area contributed by atoms with Crippen LogP contribution < -0.4 is 0 Å². The summed E-state index contributed by atoms with van der Waals surface area (Å²) in [5.74, 6) is -0.324. The highest BCUT2D eigenvalue weighted by molar-refractivity contribution is 6.18. The number of ketones is 2. The maximum absolute atomic E-state index is 10.5. The largest absolute Gasteiger partial charge is 0.294 e. The van der Waals surface area contributed by atoms with Crippen LogP contribution in [0.1, 0.15) is 54.4 Å². The van der Waals surface area contributed by atoms with Crippen LogP contribution in [0.2, 0.25) is 0 Å². The van der Waals surface area contributed by atoms with E-state index in [1.165, 1.54) is 32.8 Å². The molecule has 0 aliphatic heterocycles. The summed E-state index contributed by atoms with van der Waals surface area (Å²) in [7, 11) is 0. The number of carbonyl (C=O) groups excluding carboxylic acids is 2. The summed E-state index contributed by atoms with van der Waals surface area (Å²) in [6, 6.07) is 0. The van der Waals surface area contributed by atoms with E-state index in [4.69, 9.17) is 0 Å². The zero-order valence-corrected chi connectivity index (χ0v) is 11.4. The number of Topliss-reactive ketones (excluding diaryl/α,β-unsaturated/α-hetero) is 2. The Labute approximate surface area is 99.4 Å². The molecule has 0 unspecified atom stereocenters. The second kappa shape index (κ2) is 10.3. The van der Waals surface area contributed by atoms with Gasteiger partial charge in [0.05, 0.1) is 5.57 Å². The van der Waals surface area contributed by atoms with Crippen molar-refractivity contribution in [1.29, 1.82) is 0 Å². The zero-order chi connectivity index (χ0) is 13.1. The first-order valence-corrected chi connectivity index (χ1v) is 5.76. The molecule has 0 aromatic rings. The molecule has 0 aliphatic rings. The van der Waals surface area contributed by atoms with Crippen LogP contribution >= 0.6 is 0 Å². The highest BCUT2D eigenvalue weighted by atomic mass is 16.1. The molecule has 0 bridgehead atoms. The third-order valence-corrected chi connectivity index (χ3v) is 2.36. The van der Waals surface area contributed by atoms with Crippen molar-refractivity contribution in [3.05, 3.63) is 23.3 Å². The minimum atomic E-state index is -0.162. The fourth-order valence-electron chi connectivity index (χ4n) is 1.31. The van der Waals surface area contributed by atoms with Crippen LogP contribution in [-0.4, -0.2) is 11.6 Å². The lowest BCUT2D eigenvalue weighted by Crippen LogP contribution is -2.04. The van der Waals surface area contributed by atoms with Crippen LogP contribution in [0.3, 0.4) is 0 Å². The quantitative estimate of drug-likeness (QED) is 0.314. The average molecular weight is 224 g/mol. The Bertz CT molecular complexity index is 261. The van der Waals surface area contributed by atoms with Crippen LogP contribution in [0.25, 0.3) is 0 Å². The van der Waals surface area contributed by atoms with Gasteiger partial charge in [-0.3, -0.25) is 9.59 Å². The van der Waals surface area contributed by atoms with Crippen molar-refractivity contribution >= 4 is 11.6 Å². The molecule has 0 aromatic heterocycles. The van der Waals surface area contributed by atoms with Crippen LogP contribution in [0.15, 0.2) is 23.3 Å². The minimum absolute atomic E-state index is 0.162. The van der Waals surface area contributed by atoms with Gasteiger partial charge in [0, 0.05) is 0 Å². The molecule has 0 rings (SSSR count). The van der Waals surface area contributed by atoms with Gasteiger partial charge < -0.3 is 0 Å². The van der Waals surface area contributed by atoms with Gasteiger partial charge in [-0.2, -0.15) is 0 Å². The molecule has 0 atom stereocenters. The molecule has 16 heavy (non-hydrogen) atoms. The van der Waals surface area contributed by atoms with Crippen molar-refractivity contribution in [2.45, 2.75) is 54.4 Å². The van der Waals surface area contributed by atoms with Crippen molar-refractivity contribution < 1.29 is 9.59 Å². The smallest absolute Gasteiger partial charge is 0.163 e. The second-order valence-corrected chi connectivity index (χ2v) is 3.47. The number of hydrogen-bond acceptors (Lipinski definition) is 2. The maximum atomic E-state index is 10.5. The standard InChI is InChI=1S/C7H10O2.C7H14/c1-4-7(5(2)8)6(3)9;1-4-7(5-2)6-3/h4H,1-3H3;4H,5-6H2,1-3H3. The predicted octanol–water partition coefficient (Wildman–Crippen LogP) is 3.86. The van der Waals surface area contributed by atoms with Gasteiger partial charge in [0.2, 0.25) is 0 Å². The SMILES string of the molecule is CC=C(C(C)=O)C(C)=O.CC=C(CC)CC. The summed E-state index contributed by atoms with van der Waals surface area (Å²) < 4.78 is 0. The molecular weight excluding hydrogens is 200 g/mol. The van der Waals surface area contributed by atoms with Crippen LogP contribution in [0.5, 0.6) is 0 Å². The molecule has 0 aliphatic carbocycles. The summed E-state index contributed by atoms with van der Waals surface area (Å²) in [4.78, 5) is 21.1. The highest BCUT2D eigenvalue weighted by Crippen LogP contribution is 2.02. The van der Waals surface area contributed by atoms with E-state index in [9.17, 15) is 9.59 Å². The molecule has 0 heterocycles. The van der Waals surface area contributed by atoms with Gasteiger partial charge in [-0.1, -0.05) is 31.6 Å². The Morgan fingerprint density at radius 3 is 1.25 bits per heavy atom. The van der Waals surface area contributed by atoms with Gasteiger partial charge in [0.1, 0.15) is 0 Å². The molecule has 2 nitrogen and oxygen atoms in total. The van der Waals surface area contributed by atoms with Gasteiger partial charge in [-0.15, -0.1) is 0 Å². The Balaban J connectivity index is 0. The number of hydrogen-bond donors (Lipinski definition) is 0. The lowest BCUT2D eigenvalue weighted by atomic mass is 10.1. The Morgan fingerprint density at radius 1 is 0.875 bits per heavy atom. The zero-order valence-electron chi connectivity index (χ0n) is 11.4. The summed E-state index contributed by atoms with van der Waals surface area (Å²) in [5, 5.41) is 0. The van der Waals surface area contributed by atoms with Crippen molar-refractivity contribution in [1.82, 2.24) is 0 Å². The van der Waals surface area contributed by atoms with Crippen LogP contribution in [0, 0.1) is 0 Å². The molecule has 0 saturated heterocycles. The Kier molecular flexibility index (Phi) is 11.1. The number of rotatable bonds is 4. The third-order valence-electron chi connectivity index (χ3n) is 2.36. The first-order chi connectivity index (χ1) is 7.44. The molecule has 0 fully saturated rings. The van der Waals surface area contributed by atoms with Crippen molar-refractivity contribution in [2.24, 2.45) is 0 Å². The lowest BCUT2D eigenvalue weighted by molar-refractivity contribution is -0.119. The van der Waals surface area contributed by atoms with E-state index in [-0.39, 0.29) is 17.1 Å². The van der Waals surface area contributed by atoms with Gasteiger partial charge in [-0.05, 0) is 40.5 Å². The number of carbonyl (C=O) groups is 2. The van der Waals surface area contributed by atoms with Crippen LogP contribution in [0.4, 0.5) is 0 Å². The van der Waals surface area contributed by atoms with E-state index in [2.05, 4.69) is 26.8 Å². The Hall–Kier alpha value is -1.18. The third kappa shape index (κ3) is 8.16. The summed E-state index contributed by atoms with van der Waals surface area (Å²) in [6.45, 7) is 10.9. The first kappa shape index (κ1) is 17.2. The fraction of sp³-hybridized carbons (Fsp3) is 0.571. The van der Waals surface area contributed by atoms with Crippen molar-refractivity contribution in [2.75, 3.05) is 0 Å². The average Bonchev–Trinajstić information content (AvgIpc) is 2.21. The van der Waals surface area contributed by atoms with Crippen molar-refractivity contribution in [3.8, 4) is 0 Å². The number of allylic oxidation sites excluding steroid dienone is 4.